The summed E-state index contributed by atoms with van der Waals surface area (Å²) in [6, 6.07) is 0.0196. The highest BCUT2D eigenvalue weighted by molar-refractivity contribution is 6.04. The Kier molecular flexibility index (Phi) is 5.32. The van der Waals surface area contributed by atoms with Gasteiger partial charge in [-0.15, -0.1) is 0 Å². The third-order valence-corrected chi connectivity index (χ3v) is 8.45. The Bertz CT molecular complexity index is 839. The average Bonchev–Trinajstić information content (AvgIpc) is 2.99. The van der Waals surface area contributed by atoms with Gasteiger partial charge in [0.25, 0.3) is 5.91 Å². The first-order chi connectivity index (χ1) is 14.7. The second kappa shape index (κ2) is 7.76. The summed E-state index contributed by atoms with van der Waals surface area (Å²) < 4.78 is 16.8. The second-order valence-corrected chi connectivity index (χ2v) is 10.9. The lowest BCUT2D eigenvalue weighted by atomic mass is 9.52. The maximum absolute atomic E-state index is 15.4. The Morgan fingerprint density at radius 2 is 1.94 bits per heavy atom. The lowest BCUT2D eigenvalue weighted by molar-refractivity contribution is -0.137. The van der Waals surface area contributed by atoms with Crippen LogP contribution in [0.25, 0.3) is 0 Å². The number of carbonyl (C=O) groups excluding carboxylic acids is 1. The SMILES string of the molecule is BN1CCC(CN(C)c2c(F)c(C(=O)N[C@H]3C4CC5CC3C[C@](O)(C5)C4)nn2C)CC1. The van der Waals surface area contributed by atoms with E-state index in [-0.39, 0.29) is 11.7 Å². The van der Waals surface area contributed by atoms with Gasteiger partial charge in [0.2, 0.25) is 0 Å². The fourth-order valence-electron chi connectivity index (χ4n) is 7.20. The smallest absolute Gasteiger partial charge is 0.275 e. The molecule has 1 aliphatic heterocycles. The topological polar surface area (TPSA) is 73.6 Å². The van der Waals surface area contributed by atoms with Crippen molar-refractivity contribution in [2.45, 2.75) is 56.6 Å². The molecule has 4 aliphatic carbocycles. The number of carbonyl (C=O) groups is 1. The minimum Gasteiger partial charge on any atom is -0.390 e. The van der Waals surface area contributed by atoms with Gasteiger partial charge in [-0.2, -0.15) is 5.10 Å². The van der Waals surface area contributed by atoms with Crippen LogP contribution in [0.2, 0.25) is 0 Å². The van der Waals surface area contributed by atoms with E-state index in [0.29, 0.717) is 29.5 Å². The van der Waals surface area contributed by atoms with Crippen LogP contribution < -0.4 is 10.2 Å². The molecule has 1 aromatic rings. The fourth-order valence-corrected chi connectivity index (χ4v) is 7.20. The average molecular weight is 431 g/mol. The molecule has 1 amide bonds. The molecule has 31 heavy (non-hydrogen) atoms. The third kappa shape index (κ3) is 3.88. The van der Waals surface area contributed by atoms with Gasteiger partial charge < -0.3 is 20.1 Å². The molecular formula is C22H35BFN5O2. The van der Waals surface area contributed by atoms with Gasteiger partial charge in [0.15, 0.2) is 25.3 Å². The molecule has 2 atom stereocenters. The Balaban J connectivity index is 1.27. The fraction of sp³-hybridized carbons (Fsp3) is 0.818. The first kappa shape index (κ1) is 21.3. The van der Waals surface area contributed by atoms with Crippen LogP contribution in [-0.4, -0.2) is 71.9 Å². The number of hydrogen-bond acceptors (Lipinski definition) is 5. The van der Waals surface area contributed by atoms with E-state index in [9.17, 15) is 9.90 Å². The highest BCUT2D eigenvalue weighted by atomic mass is 19.1. The molecule has 170 valence electrons. The van der Waals surface area contributed by atoms with E-state index in [1.165, 1.54) is 4.68 Å². The number of rotatable bonds is 5. The molecule has 6 rings (SSSR count). The molecule has 5 fully saturated rings. The molecule has 2 unspecified atom stereocenters. The zero-order valence-corrected chi connectivity index (χ0v) is 19.0. The summed E-state index contributed by atoms with van der Waals surface area (Å²) in [4.78, 5) is 17.3. The van der Waals surface area contributed by atoms with Gasteiger partial charge in [-0.3, -0.25) is 4.79 Å². The molecule has 4 bridgehead atoms. The van der Waals surface area contributed by atoms with Crippen molar-refractivity contribution < 1.29 is 14.3 Å². The minimum absolute atomic E-state index is 0.0196. The number of hydrogen-bond donors (Lipinski definition) is 2. The number of aryl methyl sites for hydroxylation is 1. The molecule has 5 aliphatic rings. The Labute approximate surface area is 184 Å². The highest BCUT2D eigenvalue weighted by Crippen LogP contribution is 2.55. The maximum atomic E-state index is 15.4. The van der Waals surface area contributed by atoms with Crippen molar-refractivity contribution in [2.24, 2.45) is 30.7 Å². The first-order valence-electron chi connectivity index (χ1n) is 11.9. The van der Waals surface area contributed by atoms with Crippen LogP contribution in [0.3, 0.4) is 0 Å². The van der Waals surface area contributed by atoms with E-state index < -0.39 is 17.3 Å². The second-order valence-electron chi connectivity index (χ2n) is 10.9. The van der Waals surface area contributed by atoms with E-state index in [1.807, 2.05) is 11.9 Å². The zero-order valence-electron chi connectivity index (χ0n) is 19.0. The van der Waals surface area contributed by atoms with Gasteiger partial charge in [-0.25, -0.2) is 9.07 Å². The predicted octanol–water partition coefficient (Wildman–Crippen LogP) is 0.925. The number of halogens is 1. The summed E-state index contributed by atoms with van der Waals surface area (Å²) in [5.41, 5.74) is -0.655. The van der Waals surface area contributed by atoms with E-state index >= 15 is 4.39 Å². The summed E-state index contributed by atoms with van der Waals surface area (Å²) in [6.45, 7) is 2.90. The van der Waals surface area contributed by atoms with E-state index in [1.54, 1.807) is 7.05 Å². The van der Waals surface area contributed by atoms with Gasteiger partial charge in [0.1, 0.15) is 0 Å². The van der Waals surface area contributed by atoms with Gasteiger partial charge >= 0.3 is 0 Å². The Morgan fingerprint density at radius 3 is 2.55 bits per heavy atom. The number of nitrogens with zero attached hydrogens (tertiary/aromatic N) is 4. The minimum atomic E-state index is -0.544. The number of amides is 1. The monoisotopic (exact) mass is 431 g/mol. The molecule has 2 N–H and O–H groups in total. The van der Waals surface area contributed by atoms with E-state index in [0.717, 1.165) is 64.6 Å². The number of aliphatic hydroxyl groups is 1. The van der Waals surface area contributed by atoms with Crippen LogP contribution in [-0.2, 0) is 7.05 Å². The summed E-state index contributed by atoms with van der Waals surface area (Å²) in [5, 5.41) is 18.1. The molecule has 0 aromatic carbocycles. The van der Waals surface area contributed by atoms with Crippen molar-refractivity contribution in [1.29, 1.82) is 0 Å². The van der Waals surface area contributed by atoms with Crippen molar-refractivity contribution in [3.63, 3.8) is 0 Å². The van der Waals surface area contributed by atoms with Crippen molar-refractivity contribution >= 4 is 19.7 Å². The molecule has 4 saturated carbocycles. The largest absolute Gasteiger partial charge is 0.390 e. The quantitative estimate of drug-likeness (QED) is 0.679. The predicted molar refractivity (Wildman–Crippen MR) is 119 cm³/mol. The maximum Gasteiger partial charge on any atom is 0.275 e. The molecule has 1 aromatic heterocycles. The van der Waals surface area contributed by atoms with Crippen molar-refractivity contribution in [3.8, 4) is 0 Å². The lowest BCUT2D eigenvalue weighted by Crippen LogP contribution is -2.61. The van der Waals surface area contributed by atoms with Crippen LogP contribution in [0.1, 0.15) is 55.4 Å². The standard InChI is InChI=1S/C22H35BFN5O2/c1-27(12-13-3-5-29(23)6-4-13)21-17(24)19(26-28(21)2)20(30)25-18-15-7-14-8-16(18)11-22(31,9-14)10-15/h13-16,18,31H,3-12,23H2,1-2H3,(H,25,30)/t14?,15?,16?,18-,22-. The highest BCUT2D eigenvalue weighted by Gasteiger charge is 2.55. The molecule has 0 radical (unpaired) electrons. The number of anilines is 1. The molecule has 7 nitrogen and oxygen atoms in total. The first-order valence-corrected chi connectivity index (χ1v) is 11.9. The van der Waals surface area contributed by atoms with Gasteiger partial charge in [-0.05, 0) is 81.7 Å². The summed E-state index contributed by atoms with van der Waals surface area (Å²) in [7, 11) is 5.73. The third-order valence-electron chi connectivity index (χ3n) is 8.45. The van der Waals surface area contributed by atoms with Crippen LogP contribution in [0.5, 0.6) is 0 Å². The van der Waals surface area contributed by atoms with Gasteiger partial charge in [0, 0.05) is 26.7 Å². The van der Waals surface area contributed by atoms with Crippen LogP contribution >= 0.6 is 0 Å². The summed E-state index contributed by atoms with van der Waals surface area (Å²) in [6.07, 6.45) is 6.72. The molecule has 1 saturated heterocycles. The Hall–Kier alpha value is -1.61. The number of aromatic nitrogens is 2. The van der Waals surface area contributed by atoms with Crippen molar-refractivity contribution in [2.75, 3.05) is 31.6 Å². The van der Waals surface area contributed by atoms with Gasteiger partial charge in [0.05, 0.1) is 5.60 Å². The molecule has 9 heteroatoms. The van der Waals surface area contributed by atoms with Crippen LogP contribution in [0, 0.1) is 29.5 Å². The van der Waals surface area contributed by atoms with Gasteiger partial charge in [-0.1, -0.05) is 0 Å². The number of nitrogens with one attached hydrogen (secondary N) is 1. The normalized spacial score (nSPS) is 35.5. The summed E-state index contributed by atoms with van der Waals surface area (Å²) >= 11 is 0. The van der Waals surface area contributed by atoms with Crippen LogP contribution in [0.15, 0.2) is 0 Å². The van der Waals surface area contributed by atoms with E-state index in [4.69, 9.17) is 0 Å². The molecular weight excluding hydrogens is 396 g/mol. The lowest BCUT2D eigenvalue weighted by Gasteiger charge is -2.58. The number of piperidine rings is 1. The molecule has 0 spiro atoms. The van der Waals surface area contributed by atoms with Crippen LogP contribution in [0.4, 0.5) is 10.2 Å². The zero-order chi connectivity index (χ0) is 21.9. The summed E-state index contributed by atoms with van der Waals surface area (Å²) in [5.74, 6) is 1.10. The van der Waals surface area contributed by atoms with E-state index in [2.05, 4.69) is 23.2 Å². The van der Waals surface area contributed by atoms with Crippen molar-refractivity contribution in [1.82, 2.24) is 19.9 Å². The Morgan fingerprint density at radius 1 is 1.29 bits per heavy atom. The molecule has 2 heterocycles. The van der Waals surface area contributed by atoms with Crippen molar-refractivity contribution in [3.05, 3.63) is 11.5 Å².